The molecule has 6 heteroatoms. The van der Waals surface area contributed by atoms with Crippen LogP contribution >= 0.6 is 0 Å². The van der Waals surface area contributed by atoms with Crippen molar-refractivity contribution >= 4 is 17.8 Å². The van der Waals surface area contributed by atoms with E-state index in [1.54, 1.807) is 27.2 Å². The maximum Gasteiger partial charge on any atom is 0.307 e. The number of benzene rings is 2. The van der Waals surface area contributed by atoms with E-state index in [0.29, 0.717) is 23.9 Å². The van der Waals surface area contributed by atoms with Crippen LogP contribution in [0.15, 0.2) is 36.4 Å². The van der Waals surface area contributed by atoms with E-state index in [0.717, 1.165) is 22.4 Å². The maximum absolute atomic E-state index is 11.5. The van der Waals surface area contributed by atoms with Crippen molar-refractivity contribution in [2.75, 3.05) is 20.8 Å². The number of hydrogen-bond donors (Lipinski definition) is 1. The lowest BCUT2D eigenvalue weighted by Gasteiger charge is -2.36. The number of methoxy groups -OCH3 is 2. The molecule has 3 rings (SSSR count). The highest BCUT2D eigenvalue weighted by Gasteiger charge is 2.38. The molecule has 1 atom stereocenters. The summed E-state index contributed by atoms with van der Waals surface area (Å²) in [7, 11) is 3.11. The molecule has 1 aliphatic rings. The van der Waals surface area contributed by atoms with Crippen molar-refractivity contribution in [2.24, 2.45) is 0 Å². The highest BCUT2D eigenvalue weighted by atomic mass is 16.5. The zero-order valence-corrected chi connectivity index (χ0v) is 16.4. The van der Waals surface area contributed by atoms with E-state index in [4.69, 9.17) is 18.9 Å². The minimum Gasteiger partial charge on any atom is -0.494 e. The Balaban J connectivity index is 2.11. The minimum absolute atomic E-state index is 0.191. The number of carboxylic acids is 1. The van der Waals surface area contributed by atoms with Crippen LogP contribution in [0.4, 0.5) is 0 Å². The lowest BCUT2D eigenvalue weighted by atomic mass is 9.85. The summed E-state index contributed by atoms with van der Waals surface area (Å²) in [6, 6.07) is 11.1. The van der Waals surface area contributed by atoms with E-state index >= 15 is 0 Å². The highest BCUT2D eigenvalue weighted by molar-refractivity contribution is 5.83. The van der Waals surface area contributed by atoms with Gasteiger partial charge in [0.2, 0.25) is 0 Å². The molecule has 2 aromatic carbocycles. The molecule has 1 unspecified atom stereocenters. The van der Waals surface area contributed by atoms with Crippen LogP contribution in [0.25, 0.3) is 11.8 Å². The second kappa shape index (κ2) is 7.84. The first-order valence-electron chi connectivity index (χ1n) is 9.02. The first kappa shape index (κ1) is 19.6. The summed E-state index contributed by atoms with van der Waals surface area (Å²) in [5.74, 6) is 1.51. The van der Waals surface area contributed by atoms with Crippen molar-refractivity contribution in [3.63, 3.8) is 0 Å². The second-order valence-electron chi connectivity index (χ2n) is 6.66. The van der Waals surface area contributed by atoms with Gasteiger partial charge in [-0.1, -0.05) is 0 Å². The molecule has 0 spiro atoms. The van der Waals surface area contributed by atoms with Crippen LogP contribution in [-0.4, -0.2) is 31.9 Å². The van der Waals surface area contributed by atoms with Crippen LogP contribution in [0.3, 0.4) is 0 Å². The number of ether oxygens (including phenoxy) is 4. The molecule has 0 bridgehead atoms. The summed E-state index contributed by atoms with van der Waals surface area (Å²) in [5.41, 5.74) is 1.35. The van der Waals surface area contributed by atoms with Gasteiger partial charge >= 0.3 is 5.97 Å². The first-order valence-corrected chi connectivity index (χ1v) is 9.02. The maximum atomic E-state index is 11.5. The summed E-state index contributed by atoms with van der Waals surface area (Å²) in [6.45, 7) is 4.29. The molecular formula is C22H24O6. The van der Waals surface area contributed by atoms with E-state index in [-0.39, 0.29) is 6.42 Å². The lowest BCUT2D eigenvalue weighted by Crippen LogP contribution is -2.31. The van der Waals surface area contributed by atoms with Crippen LogP contribution in [0.2, 0.25) is 0 Å². The largest absolute Gasteiger partial charge is 0.494 e. The van der Waals surface area contributed by atoms with Crippen molar-refractivity contribution in [1.82, 2.24) is 0 Å². The summed E-state index contributed by atoms with van der Waals surface area (Å²) in [4.78, 5) is 11.5. The highest BCUT2D eigenvalue weighted by Crippen LogP contribution is 2.45. The van der Waals surface area contributed by atoms with Gasteiger partial charge in [0, 0.05) is 11.1 Å². The predicted molar refractivity (Wildman–Crippen MR) is 106 cm³/mol. The van der Waals surface area contributed by atoms with Crippen molar-refractivity contribution in [2.45, 2.75) is 25.9 Å². The molecule has 0 radical (unpaired) electrons. The molecule has 0 saturated carbocycles. The van der Waals surface area contributed by atoms with Crippen molar-refractivity contribution in [3.8, 4) is 17.2 Å². The first-order chi connectivity index (χ1) is 13.4. The number of fused-ring (bicyclic) bond motifs is 1. The van der Waals surface area contributed by atoms with E-state index in [9.17, 15) is 9.90 Å². The van der Waals surface area contributed by atoms with Gasteiger partial charge < -0.3 is 24.1 Å². The third kappa shape index (κ3) is 3.76. The molecule has 1 heterocycles. The molecule has 1 aliphatic heterocycles. The Morgan fingerprint density at radius 1 is 1.11 bits per heavy atom. The third-order valence-corrected chi connectivity index (χ3v) is 4.69. The molecule has 0 fully saturated rings. The normalized spacial score (nSPS) is 17.8. The van der Waals surface area contributed by atoms with Gasteiger partial charge in [-0.05, 0) is 61.9 Å². The van der Waals surface area contributed by atoms with Gasteiger partial charge in [0.15, 0.2) is 11.5 Å². The predicted octanol–water partition coefficient (Wildman–Crippen LogP) is 4.32. The summed E-state index contributed by atoms with van der Waals surface area (Å²) < 4.78 is 22.5. The van der Waals surface area contributed by atoms with Gasteiger partial charge in [0.25, 0.3) is 0 Å². The number of carbonyl (C=O) groups is 1. The van der Waals surface area contributed by atoms with E-state index in [1.807, 2.05) is 43.3 Å². The van der Waals surface area contributed by atoms with Crippen molar-refractivity contribution in [3.05, 3.63) is 53.1 Å². The Kier molecular flexibility index (Phi) is 5.49. The summed E-state index contributed by atoms with van der Waals surface area (Å²) >= 11 is 0. The molecule has 2 aromatic rings. The zero-order valence-electron chi connectivity index (χ0n) is 16.4. The summed E-state index contributed by atoms with van der Waals surface area (Å²) in [5, 5.41) is 9.46. The molecular weight excluding hydrogens is 360 g/mol. The van der Waals surface area contributed by atoms with Crippen molar-refractivity contribution < 1.29 is 28.8 Å². The van der Waals surface area contributed by atoms with Crippen LogP contribution in [0.5, 0.6) is 17.2 Å². The number of aliphatic carboxylic acids is 1. The Morgan fingerprint density at radius 2 is 1.75 bits per heavy atom. The number of rotatable bonds is 7. The van der Waals surface area contributed by atoms with Crippen LogP contribution in [0, 0.1) is 0 Å². The average Bonchev–Trinajstić information content (AvgIpc) is 2.67. The standard InChI is InChI=1S/C22H24O6/c1-5-27-16-8-6-14(7-9-16)18-10-15-11-19(25-3)20(26-4)12-17(15)22(2,28-18)13-21(23)24/h6-12H,5,13H2,1-4H3,(H,23,24). The number of carboxylic acid groups (broad SMARTS) is 1. The number of hydrogen-bond acceptors (Lipinski definition) is 5. The molecule has 148 valence electrons. The van der Waals surface area contributed by atoms with Crippen LogP contribution in [-0.2, 0) is 15.1 Å². The quantitative estimate of drug-likeness (QED) is 0.766. The Bertz CT molecular complexity index is 900. The third-order valence-electron chi connectivity index (χ3n) is 4.69. The topological polar surface area (TPSA) is 74.2 Å². The lowest BCUT2D eigenvalue weighted by molar-refractivity contribution is -0.142. The fourth-order valence-electron chi connectivity index (χ4n) is 3.38. The van der Waals surface area contributed by atoms with Crippen LogP contribution in [0.1, 0.15) is 37.0 Å². The molecule has 28 heavy (non-hydrogen) atoms. The van der Waals surface area contributed by atoms with Gasteiger partial charge in [0.1, 0.15) is 17.1 Å². The van der Waals surface area contributed by atoms with Crippen molar-refractivity contribution in [1.29, 1.82) is 0 Å². The minimum atomic E-state index is -1.05. The van der Waals surface area contributed by atoms with Crippen LogP contribution < -0.4 is 14.2 Å². The fraction of sp³-hybridized carbons (Fsp3) is 0.318. The van der Waals surface area contributed by atoms with Gasteiger partial charge in [-0.3, -0.25) is 4.79 Å². The smallest absolute Gasteiger partial charge is 0.307 e. The molecule has 0 aromatic heterocycles. The van der Waals surface area contributed by atoms with Gasteiger partial charge in [0.05, 0.1) is 27.2 Å². The fourth-order valence-corrected chi connectivity index (χ4v) is 3.38. The Morgan fingerprint density at radius 3 is 2.32 bits per heavy atom. The van der Waals surface area contributed by atoms with E-state index < -0.39 is 11.6 Å². The Labute approximate surface area is 164 Å². The van der Waals surface area contributed by atoms with Gasteiger partial charge in [-0.15, -0.1) is 0 Å². The molecule has 1 N–H and O–H groups in total. The molecule has 0 saturated heterocycles. The van der Waals surface area contributed by atoms with Gasteiger partial charge in [-0.2, -0.15) is 0 Å². The molecule has 0 amide bonds. The van der Waals surface area contributed by atoms with E-state index in [1.165, 1.54) is 0 Å². The zero-order chi connectivity index (χ0) is 20.3. The SMILES string of the molecule is CCOc1ccc(C2=Cc3cc(OC)c(OC)cc3C(C)(CC(=O)O)O2)cc1. The monoisotopic (exact) mass is 384 g/mol. The van der Waals surface area contributed by atoms with E-state index in [2.05, 4.69) is 0 Å². The second-order valence-corrected chi connectivity index (χ2v) is 6.66. The Hall–Kier alpha value is -3.15. The summed E-state index contributed by atoms with van der Waals surface area (Å²) in [6.07, 6.45) is 1.69. The average molecular weight is 384 g/mol. The van der Waals surface area contributed by atoms with Gasteiger partial charge in [-0.25, -0.2) is 0 Å². The molecule has 6 nitrogen and oxygen atoms in total. The molecule has 0 aliphatic carbocycles.